The van der Waals surface area contributed by atoms with E-state index in [0.717, 1.165) is 22.9 Å². The number of aromatic nitrogens is 1. The summed E-state index contributed by atoms with van der Waals surface area (Å²) in [6.07, 6.45) is 3.26. The van der Waals surface area contributed by atoms with Crippen LogP contribution in [0.15, 0.2) is 39.4 Å². The lowest BCUT2D eigenvalue weighted by molar-refractivity contribution is 0.0907. The maximum Gasteiger partial charge on any atom is 0.288 e. The Kier molecular flexibility index (Phi) is 4.95. The molecule has 1 N–H and O–H groups in total. The highest BCUT2D eigenvalue weighted by Gasteiger charge is 2.16. The number of halogens is 1. The van der Waals surface area contributed by atoms with Crippen molar-refractivity contribution in [1.82, 2.24) is 10.3 Å². The number of hydrogen-bond acceptors (Lipinski definition) is 3. The number of oxazole rings is 1. The second kappa shape index (κ2) is 6.70. The molecular weight excluding hydrogens is 320 g/mol. The molecule has 106 valence electrons. The molecule has 0 spiro atoms. The van der Waals surface area contributed by atoms with Crippen molar-refractivity contribution >= 4 is 21.8 Å². The van der Waals surface area contributed by atoms with Crippen molar-refractivity contribution in [2.75, 3.05) is 0 Å². The Morgan fingerprint density at radius 2 is 2.15 bits per heavy atom. The molecule has 1 aromatic heterocycles. The number of carbonyl (C=O) groups is 1. The molecule has 1 heterocycles. The summed E-state index contributed by atoms with van der Waals surface area (Å²) in [5, 5.41) is 2.93. The van der Waals surface area contributed by atoms with Crippen LogP contribution in [0.4, 0.5) is 0 Å². The van der Waals surface area contributed by atoms with Gasteiger partial charge in [0.05, 0.1) is 6.20 Å². The fourth-order valence-corrected chi connectivity index (χ4v) is 2.28. The van der Waals surface area contributed by atoms with Crippen LogP contribution in [0.1, 0.15) is 37.2 Å². The Labute approximate surface area is 126 Å². The van der Waals surface area contributed by atoms with Crippen molar-refractivity contribution in [2.45, 2.75) is 32.7 Å². The molecule has 0 atom stereocenters. The largest absolute Gasteiger partial charge is 0.431 e. The monoisotopic (exact) mass is 336 g/mol. The lowest BCUT2D eigenvalue weighted by Gasteiger charge is -2.12. The Morgan fingerprint density at radius 1 is 1.40 bits per heavy atom. The summed E-state index contributed by atoms with van der Waals surface area (Å²) >= 11 is 3.40. The number of nitrogens with one attached hydrogen (secondary N) is 1. The number of benzene rings is 1. The van der Waals surface area contributed by atoms with E-state index in [1.54, 1.807) is 0 Å². The minimum Gasteiger partial charge on any atom is -0.431 e. The average molecular weight is 337 g/mol. The summed E-state index contributed by atoms with van der Waals surface area (Å²) in [6, 6.07) is 7.77. The van der Waals surface area contributed by atoms with Crippen molar-refractivity contribution in [1.29, 1.82) is 0 Å². The lowest BCUT2D eigenvalue weighted by atomic mass is 10.2. The van der Waals surface area contributed by atoms with Gasteiger partial charge < -0.3 is 9.73 Å². The average Bonchev–Trinajstić information content (AvgIpc) is 2.94. The Hall–Kier alpha value is -1.62. The van der Waals surface area contributed by atoms with Crippen LogP contribution in [-0.2, 0) is 0 Å². The maximum absolute atomic E-state index is 12.0. The third kappa shape index (κ3) is 3.48. The third-order valence-electron chi connectivity index (χ3n) is 3.12. The van der Waals surface area contributed by atoms with Crippen LogP contribution in [0, 0.1) is 0 Å². The molecule has 4 nitrogen and oxygen atoms in total. The topological polar surface area (TPSA) is 55.1 Å². The van der Waals surface area contributed by atoms with Crippen LogP contribution < -0.4 is 5.32 Å². The first-order valence-corrected chi connectivity index (χ1v) is 7.46. The van der Waals surface area contributed by atoms with E-state index in [1.807, 2.05) is 38.1 Å². The van der Waals surface area contributed by atoms with Crippen LogP contribution in [0.25, 0.3) is 11.5 Å². The smallest absolute Gasteiger partial charge is 0.288 e. The predicted octanol–water partition coefficient (Wildman–Crippen LogP) is 4.02. The van der Waals surface area contributed by atoms with Gasteiger partial charge in [-0.05, 0) is 31.0 Å². The summed E-state index contributed by atoms with van der Waals surface area (Å²) in [5.74, 6) is 0.473. The molecule has 0 saturated heterocycles. The molecule has 0 radical (unpaired) electrons. The standard InChI is InChI=1S/C15H17BrN2O2/c1-3-12(4-2)18-14(19)13-9-17-15(20-13)10-6-5-7-11(16)8-10/h5-9,12H,3-4H2,1-2H3,(H,18,19). The molecule has 0 fully saturated rings. The summed E-state index contributed by atoms with van der Waals surface area (Å²) in [5.41, 5.74) is 0.834. The zero-order valence-corrected chi connectivity index (χ0v) is 13.1. The normalized spacial score (nSPS) is 10.8. The van der Waals surface area contributed by atoms with E-state index in [4.69, 9.17) is 4.42 Å². The summed E-state index contributed by atoms with van der Waals surface area (Å²) < 4.78 is 6.47. The van der Waals surface area contributed by atoms with Gasteiger partial charge in [-0.2, -0.15) is 0 Å². The van der Waals surface area contributed by atoms with Gasteiger partial charge in [0, 0.05) is 16.1 Å². The summed E-state index contributed by atoms with van der Waals surface area (Å²) in [6.45, 7) is 4.09. The van der Waals surface area contributed by atoms with Crippen LogP contribution >= 0.6 is 15.9 Å². The molecular formula is C15H17BrN2O2. The molecule has 1 aromatic carbocycles. The van der Waals surface area contributed by atoms with Gasteiger partial charge in [0.15, 0.2) is 0 Å². The minimum atomic E-state index is -0.215. The quantitative estimate of drug-likeness (QED) is 0.896. The van der Waals surface area contributed by atoms with Crippen molar-refractivity contribution in [3.8, 4) is 11.5 Å². The molecule has 5 heteroatoms. The molecule has 2 aromatic rings. The van der Waals surface area contributed by atoms with E-state index in [-0.39, 0.29) is 17.7 Å². The minimum absolute atomic E-state index is 0.168. The van der Waals surface area contributed by atoms with E-state index < -0.39 is 0 Å². The predicted molar refractivity (Wildman–Crippen MR) is 81.5 cm³/mol. The molecule has 20 heavy (non-hydrogen) atoms. The van der Waals surface area contributed by atoms with Gasteiger partial charge in [-0.15, -0.1) is 0 Å². The van der Waals surface area contributed by atoms with Crippen LogP contribution in [0.2, 0.25) is 0 Å². The van der Waals surface area contributed by atoms with E-state index >= 15 is 0 Å². The molecule has 0 aliphatic carbocycles. The number of rotatable bonds is 5. The maximum atomic E-state index is 12.0. The lowest BCUT2D eigenvalue weighted by Crippen LogP contribution is -2.33. The highest BCUT2D eigenvalue weighted by molar-refractivity contribution is 9.10. The fourth-order valence-electron chi connectivity index (χ4n) is 1.88. The second-order valence-electron chi connectivity index (χ2n) is 4.53. The van der Waals surface area contributed by atoms with Gasteiger partial charge in [0.2, 0.25) is 11.7 Å². The third-order valence-corrected chi connectivity index (χ3v) is 3.62. The summed E-state index contributed by atoms with van der Waals surface area (Å²) in [4.78, 5) is 16.2. The molecule has 1 amide bonds. The number of nitrogens with zero attached hydrogens (tertiary/aromatic N) is 1. The van der Waals surface area contributed by atoms with E-state index in [0.29, 0.717) is 5.89 Å². The van der Waals surface area contributed by atoms with Gasteiger partial charge in [-0.3, -0.25) is 4.79 Å². The molecule has 0 bridgehead atoms. The van der Waals surface area contributed by atoms with Crippen molar-refractivity contribution in [3.05, 3.63) is 40.7 Å². The van der Waals surface area contributed by atoms with E-state index in [9.17, 15) is 4.79 Å². The molecule has 0 aliphatic rings. The first kappa shape index (κ1) is 14.8. The van der Waals surface area contributed by atoms with Crippen molar-refractivity contribution in [3.63, 3.8) is 0 Å². The van der Waals surface area contributed by atoms with Crippen molar-refractivity contribution < 1.29 is 9.21 Å². The molecule has 0 unspecified atom stereocenters. The zero-order valence-electron chi connectivity index (χ0n) is 11.5. The van der Waals surface area contributed by atoms with Gasteiger partial charge >= 0.3 is 0 Å². The van der Waals surface area contributed by atoms with Crippen LogP contribution in [0.3, 0.4) is 0 Å². The molecule has 0 aliphatic heterocycles. The Bertz CT molecular complexity index is 591. The number of hydrogen-bond donors (Lipinski definition) is 1. The molecule has 0 saturated carbocycles. The number of amides is 1. The van der Waals surface area contributed by atoms with E-state index in [1.165, 1.54) is 6.20 Å². The zero-order chi connectivity index (χ0) is 14.5. The van der Waals surface area contributed by atoms with Crippen LogP contribution in [0.5, 0.6) is 0 Å². The first-order chi connectivity index (χ1) is 9.63. The van der Waals surface area contributed by atoms with Gasteiger partial charge in [-0.25, -0.2) is 4.98 Å². The van der Waals surface area contributed by atoms with E-state index in [2.05, 4.69) is 26.2 Å². The highest BCUT2D eigenvalue weighted by atomic mass is 79.9. The Balaban J connectivity index is 2.14. The highest BCUT2D eigenvalue weighted by Crippen LogP contribution is 2.22. The molecule has 2 rings (SSSR count). The SMILES string of the molecule is CCC(CC)NC(=O)c1cnc(-c2cccc(Br)c2)o1. The van der Waals surface area contributed by atoms with Gasteiger partial charge in [0.1, 0.15) is 0 Å². The number of carbonyl (C=O) groups excluding carboxylic acids is 1. The Morgan fingerprint density at radius 3 is 2.80 bits per heavy atom. The van der Waals surface area contributed by atoms with Gasteiger partial charge in [-0.1, -0.05) is 35.8 Å². The fraction of sp³-hybridized carbons (Fsp3) is 0.333. The second-order valence-corrected chi connectivity index (χ2v) is 5.44. The van der Waals surface area contributed by atoms with Crippen LogP contribution in [-0.4, -0.2) is 16.9 Å². The van der Waals surface area contributed by atoms with Gasteiger partial charge in [0.25, 0.3) is 5.91 Å². The van der Waals surface area contributed by atoms with Crippen molar-refractivity contribution in [2.24, 2.45) is 0 Å². The summed E-state index contributed by atoms with van der Waals surface area (Å²) in [7, 11) is 0. The first-order valence-electron chi connectivity index (χ1n) is 6.66.